The molecule has 1 aliphatic rings. The lowest BCUT2D eigenvalue weighted by Gasteiger charge is -2.21. The molecule has 1 heterocycles. The summed E-state index contributed by atoms with van der Waals surface area (Å²) in [5, 5.41) is 2.87. The monoisotopic (exact) mass is 210 g/mol. The van der Waals surface area contributed by atoms with Crippen LogP contribution in [0.25, 0.3) is 0 Å². The van der Waals surface area contributed by atoms with Crippen molar-refractivity contribution in [3.8, 4) is 0 Å². The van der Waals surface area contributed by atoms with E-state index in [0.717, 1.165) is 7.05 Å². The van der Waals surface area contributed by atoms with E-state index in [1.165, 1.54) is 0 Å². The molecule has 1 saturated heterocycles. The quantitative estimate of drug-likeness (QED) is 0.698. The Morgan fingerprint density at radius 3 is 2.64 bits per heavy atom. The van der Waals surface area contributed by atoms with E-state index >= 15 is 0 Å². The van der Waals surface area contributed by atoms with Crippen LogP contribution in [-0.4, -0.2) is 43.2 Å². The van der Waals surface area contributed by atoms with Gasteiger partial charge in [0.05, 0.1) is 6.54 Å². The van der Waals surface area contributed by atoms with E-state index in [1.54, 1.807) is 0 Å². The molecule has 0 bridgehead atoms. The van der Waals surface area contributed by atoms with Crippen LogP contribution >= 0.6 is 0 Å². The SMILES string of the molecule is CN(CCC1CC(=O)CN1)C(F)(F)F. The van der Waals surface area contributed by atoms with Crippen molar-refractivity contribution in [2.24, 2.45) is 0 Å². The molecule has 1 unspecified atom stereocenters. The van der Waals surface area contributed by atoms with Gasteiger partial charge in [0.1, 0.15) is 5.78 Å². The maximum Gasteiger partial charge on any atom is 0.459 e. The Morgan fingerprint density at radius 2 is 2.21 bits per heavy atom. The number of rotatable bonds is 3. The van der Waals surface area contributed by atoms with Gasteiger partial charge in [-0.25, -0.2) is 4.90 Å². The van der Waals surface area contributed by atoms with Crippen LogP contribution in [0.15, 0.2) is 0 Å². The number of hydrogen-bond acceptors (Lipinski definition) is 3. The Hall–Kier alpha value is -0.620. The molecule has 14 heavy (non-hydrogen) atoms. The van der Waals surface area contributed by atoms with Crippen molar-refractivity contribution in [1.29, 1.82) is 0 Å². The molecule has 0 radical (unpaired) electrons. The minimum Gasteiger partial charge on any atom is -0.307 e. The highest BCUT2D eigenvalue weighted by Gasteiger charge is 2.34. The van der Waals surface area contributed by atoms with Gasteiger partial charge in [0.2, 0.25) is 0 Å². The molecule has 1 aliphatic heterocycles. The molecule has 1 N–H and O–H groups in total. The Labute approximate surface area is 80.3 Å². The summed E-state index contributed by atoms with van der Waals surface area (Å²) >= 11 is 0. The zero-order valence-corrected chi connectivity index (χ0v) is 7.90. The Morgan fingerprint density at radius 1 is 1.57 bits per heavy atom. The van der Waals surface area contributed by atoms with Crippen LogP contribution in [0.5, 0.6) is 0 Å². The van der Waals surface area contributed by atoms with Crippen molar-refractivity contribution in [2.75, 3.05) is 20.1 Å². The number of nitrogens with one attached hydrogen (secondary N) is 1. The average molecular weight is 210 g/mol. The Bertz CT molecular complexity index is 217. The van der Waals surface area contributed by atoms with Crippen LogP contribution < -0.4 is 5.32 Å². The molecule has 0 aromatic heterocycles. The summed E-state index contributed by atoms with van der Waals surface area (Å²) in [5.41, 5.74) is 0. The molecule has 6 heteroatoms. The highest BCUT2D eigenvalue weighted by molar-refractivity contribution is 5.83. The predicted octanol–water partition coefficient (Wildman–Crippen LogP) is 0.759. The summed E-state index contributed by atoms with van der Waals surface area (Å²) in [7, 11) is 1.01. The number of carbonyl (C=O) groups excluding carboxylic acids is 1. The highest BCUT2D eigenvalue weighted by atomic mass is 19.4. The summed E-state index contributed by atoms with van der Waals surface area (Å²) in [5.74, 6) is 0.0738. The fourth-order valence-corrected chi connectivity index (χ4v) is 1.36. The summed E-state index contributed by atoms with van der Waals surface area (Å²) < 4.78 is 36.1. The minimum atomic E-state index is -4.28. The topological polar surface area (TPSA) is 32.3 Å². The predicted molar refractivity (Wildman–Crippen MR) is 44.7 cm³/mol. The smallest absolute Gasteiger partial charge is 0.307 e. The van der Waals surface area contributed by atoms with E-state index in [-0.39, 0.29) is 18.4 Å². The number of hydrogen-bond donors (Lipinski definition) is 1. The fraction of sp³-hybridized carbons (Fsp3) is 0.875. The van der Waals surface area contributed by atoms with E-state index < -0.39 is 6.30 Å². The van der Waals surface area contributed by atoms with E-state index in [4.69, 9.17) is 0 Å². The van der Waals surface area contributed by atoms with Gasteiger partial charge in [-0.2, -0.15) is 13.2 Å². The van der Waals surface area contributed by atoms with Crippen LogP contribution in [0.2, 0.25) is 0 Å². The molecule has 82 valence electrons. The number of nitrogens with zero attached hydrogens (tertiary/aromatic N) is 1. The molecule has 0 spiro atoms. The molecule has 3 nitrogen and oxygen atoms in total. The molecule has 1 rings (SSSR count). The number of ketones is 1. The van der Waals surface area contributed by atoms with Gasteiger partial charge in [-0.15, -0.1) is 0 Å². The zero-order valence-electron chi connectivity index (χ0n) is 7.90. The van der Waals surface area contributed by atoms with Gasteiger partial charge in [-0.1, -0.05) is 0 Å². The van der Waals surface area contributed by atoms with Gasteiger partial charge in [0.15, 0.2) is 0 Å². The van der Waals surface area contributed by atoms with Crippen LogP contribution in [-0.2, 0) is 4.79 Å². The average Bonchev–Trinajstić information content (AvgIpc) is 2.45. The van der Waals surface area contributed by atoms with E-state index in [0.29, 0.717) is 24.3 Å². The highest BCUT2D eigenvalue weighted by Crippen LogP contribution is 2.19. The maximum absolute atomic E-state index is 12.0. The van der Waals surface area contributed by atoms with Crippen molar-refractivity contribution < 1.29 is 18.0 Å². The molecule has 0 amide bonds. The second-order valence-electron chi connectivity index (χ2n) is 3.50. The van der Waals surface area contributed by atoms with Crippen molar-refractivity contribution >= 4 is 5.78 Å². The van der Waals surface area contributed by atoms with Gasteiger partial charge >= 0.3 is 6.30 Å². The molecule has 0 aliphatic carbocycles. The third kappa shape index (κ3) is 3.26. The van der Waals surface area contributed by atoms with E-state index in [2.05, 4.69) is 5.32 Å². The first-order chi connectivity index (χ1) is 6.39. The first kappa shape index (κ1) is 11.5. The Kier molecular flexibility index (Phi) is 3.49. The second kappa shape index (κ2) is 4.27. The van der Waals surface area contributed by atoms with Crippen molar-refractivity contribution in [3.05, 3.63) is 0 Å². The summed E-state index contributed by atoms with van der Waals surface area (Å²) in [6, 6.07) is -0.0905. The van der Waals surface area contributed by atoms with Gasteiger partial charge in [-0.3, -0.25) is 4.79 Å². The minimum absolute atomic E-state index is 0.0738. The lowest BCUT2D eigenvalue weighted by molar-refractivity contribution is -0.236. The summed E-state index contributed by atoms with van der Waals surface area (Å²) in [6.45, 7) is 0.217. The number of halogens is 3. The largest absolute Gasteiger partial charge is 0.459 e. The lowest BCUT2D eigenvalue weighted by Crippen LogP contribution is -2.37. The maximum atomic E-state index is 12.0. The lowest BCUT2D eigenvalue weighted by atomic mass is 10.1. The van der Waals surface area contributed by atoms with Crippen molar-refractivity contribution in [2.45, 2.75) is 25.2 Å². The van der Waals surface area contributed by atoms with Gasteiger partial charge in [-0.05, 0) is 13.5 Å². The summed E-state index contributed by atoms with van der Waals surface area (Å²) in [6.07, 6.45) is -3.57. The van der Waals surface area contributed by atoms with Crippen LogP contribution in [0.4, 0.5) is 13.2 Å². The van der Waals surface area contributed by atoms with Crippen molar-refractivity contribution in [1.82, 2.24) is 10.2 Å². The molecule has 0 aromatic carbocycles. The molecular weight excluding hydrogens is 197 g/mol. The van der Waals surface area contributed by atoms with Crippen LogP contribution in [0.1, 0.15) is 12.8 Å². The van der Waals surface area contributed by atoms with Crippen LogP contribution in [0, 0.1) is 0 Å². The number of alkyl halides is 3. The second-order valence-corrected chi connectivity index (χ2v) is 3.50. The fourth-order valence-electron chi connectivity index (χ4n) is 1.36. The number of Topliss-reactive ketones (excluding diaryl/α,β-unsaturated/α-hetero) is 1. The third-order valence-corrected chi connectivity index (χ3v) is 2.31. The molecule has 1 fully saturated rings. The number of carbonyl (C=O) groups is 1. The standard InChI is InChI=1S/C8H13F3N2O/c1-13(8(9,10)11)3-2-6-4-7(14)5-12-6/h6,12H,2-5H2,1H3. The molecule has 0 aromatic rings. The van der Waals surface area contributed by atoms with Crippen LogP contribution in [0.3, 0.4) is 0 Å². The molecule has 0 saturated carbocycles. The first-order valence-corrected chi connectivity index (χ1v) is 4.42. The zero-order chi connectivity index (χ0) is 10.8. The molecule has 1 atom stereocenters. The van der Waals surface area contributed by atoms with Gasteiger partial charge in [0.25, 0.3) is 0 Å². The van der Waals surface area contributed by atoms with Gasteiger partial charge < -0.3 is 5.32 Å². The normalized spacial score (nSPS) is 23.5. The summed E-state index contributed by atoms with van der Waals surface area (Å²) in [4.78, 5) is 11.1. The third-order valence-electron chi connectivity index (χ3n) is 2.31. The first-order valence-electron chi connectivity index (χ1n) is 4.42. The van der Waals surface area contributed by atoms with Gasteiger partial charge in [0, 0.05) is 19.0 Å². The Balaban J connectivity index is 2.24. The van der Waals surface area contributed by atoms with E-state index in [9.17, 15) is 18.0 Å². The van der Waals surface area contributed by atoms with E-state index in [1.807, 2.05) is 0 Å². The van der Waals surface area contributed by atoms with Crippen molar-refractivity contribution in [3.63, 3.8) is 0 Å². The molecular formula is C8H13F3N2O.